The maximum absolute atomic E-state index is 12.6. The number of hydrogen-bond acceptors (Lipinski definition) is 4. The topological polar surface area (TPSA) is 62.2 Å². The summed E-state index contributed by atoms with van der Waals surface area (Å²) < 4.78 is 1.94. The van der Waals surface area contributed by atoms with Crippen LogP contribution in [-0.4, -0.2) is 47.9 Å². The number of rotatable bonds is 4. The molecule has 6 heteroatoms. The van der Waals surface area contributed by atoms with Crippen LogP contribution in [0.25, 0.3) is 0 Å². The molecule has 2 unspecified atom stereocenters. The van der Waals surface area contributed by atoms with Crippen molar-refractivity contribution in [2.75, 3.05) is 31.1 Å². The molecular formula is C20H27N5O. The standard InChI is InChI=1S/C20H27N5O/c26-20(19-10-13-25(23-19)18-9-4-11-21-14-18)22-16-6-5-12-24(15-16)17-7-2-1-3-8-17/h1-3,7-8,10,13,16,18,21H,4-6,9,11-12,14-15H2,(H,22,26). The van der Waals surface area contributed by atoms with Crippen LogP contribution in [0.1, 0.15) is 42.2 Å². The minimum Gasteiger partial charge on any atom is -0.369 e. The van der Waals surface area contributed by atoms with Gasteiger partial charge < -0.3 is 15.5 Å². The van der Waals surface area contributed by atoms with Gasteiger partial charge in [-0.1, -0.05) is 18.2 Å². The molecule has 1 aromatic carbocycles. The SMILES string of the molecule is O=C(NC1CCCN(c2ccccc2)C1)c1ccn(C2CCCNC2)n1. The highest BCUT2D eigenvalue weighted by Gasteiger charge is 2.23. The van der Waals surface area contributed by atoms with Gasteiger partial charge in [-0.05, 0) is 50.4 Å². The zero-order valence-corrected chi connectivity index (χ0v) is 15.1. The molecular weight excluding hydrogens is 326 g/mol. The van der Waals surface area contributed by atoms with E-state index in [1.807, 2.05) is 23.0 Å². The van der Waals surface area contributed by atoms with Gasteiger partial charge in [0.15, 0.2) is 0 Å². The van der Waals surface area contributed by atoms with Crippen molar-refractivity contribution in [3.63, 3.8) is 0 Å². The summed E-state index contributed by atoms with van der Waals surface area (Å²) in [4.78, 5) is 15.0. The Morgan fingerprint density at radius 3 is 2.85 bits per heavy atom. The Morgan fingerprint density at radius 1 is 1.15 bits per heavy atom. The van der Waals surface area contributed by atoms with Crippen LogP contribution in [0.4, 0.5) is 5.69 Å². The molecule has 2 saturated heterocycles. The molecule has 1 aromatic heterocycles. The second kappa shape index (κ2) is 7.91. The molecule has 6 nitrogen and oxygen atoms in total. The Hall–Kier alpha value is -2.34. The smallest absolute Gasteiger partial charge is 0.272 e. The van der Waals surface area contributed by atoms with Gasteiger partial charge in [-0.2, -0.15) is 5.10 Å². The summed E-state index contributed by atoms with van der Waals surface area (Å²) in [6, 6.07) is 12.8. The van der Waals surface area contributed by atoms with E-state index in [1.54, 1.807) is 0 Å². The highest BCUT2D eigenvalue weighted by molar-refractivity contribution is 5.92. The van der Waals surface area contributed by atoms with Crippen LogP contribution in [0.2, 0.25) is 0 Å². The fourth-order valence-electron chi connectivity index (χ4n) is 3.95. The molecule has 2 aliphatic heterocycles. The minimum atomic E-state index is -0.0626. The molecule has 138 valence electrons. The zero-order valence-electron chi connectivity index (χ0n) is 15.1. The summed E-state index contributed by atoms with van der Waals surface area (Å²) in [6.45, 7) is 3.89. The third-order valence-electron chi connectivity index (χ3n) is 5.36. The summed E-state index contributed by atoms with van der Waals surface area (Å²) in [5, 5.41) is 11.1. The second-order valence-corrected chi connectivity index (χ2v) is 7.28. The Labute approximate surface area is 154 Å². The lowest BCUT2D eigenvalue weighted by Gasteiger charge is -2.34. The lowest BCUT2D eigenvalue weighted by Crippen LogP contribution is -2.48. The first kappa shape index (κ1) is 17.1. The third kappa shape index (κ3) is 3.90. The lowest BCUT2D eigenvalue weighted by molar-refractivity contribution is 0.0926. The number of piperidine rings is 2. The normalized spacial score (nSPS) is 23.6. The van der Waals surface area contributed by atoms with Crippen molar-refractivity contribution in [3.05, 3.63) is 48.3 Å². The van der Waals surface area contributed by atoms with E-state index in [0.29, 0.717) is 11.7 Å². The van der Waals surface area contributed by atoms with Gasteiger partial charge in [0, 0.05) is 37.6 Å². The molecule has 0 aliphatic carbocycles. The van der Waals surface area contributed by atoms with Gasteiger partial charge in [0.2, 0.25) is 0 Å². The van der Waals surface area contributed by atoms with Crippen molar-refractivity contribution in [2.24, 2.45) is 0 Å². The van der Waals surface area contributed by atoms with Crippen LogP contribution in [-0.2, 0) is 0 Å². The number of hydrogen-bond donors (Lipinski definition) is 2. The van der Waals surface area contributed by atoms with Gasteiger partial charge in [-0.3, -0.25) is 9.48 Å². The largest absolute Gasteiger partial charge is 0.369 e. The highest BCUT2D eigenvalue weighted by Crippen LogP contribution is 2.20. The van der Waals surface area contributed by atoms with E-state index < -0.39 is 0 Å². The average molecular weight is 353 g/mol. The highest BCUT2D eigenvalue weighted by atomic mass is 16.2. The molecule has 2 aliphatic rings. The molecule has 4 rings (SSSR count). The molecule has 2 N–H and O–H groups in total. The van der Waals surface area contributed by atoms with Gasteiger partial charge in [0.25, 0.3) is 5.91 Å². The fourth-order valence-corrected chi connectivity index (χ4v) is 3.95. The number of carbonyl (C=O) groups excluding carboxylic acids is 1. The van der Waals surface area contributed by atoms with E-state index in [9.17, 15) is 4.79 Å². The molecule has 2 atom stereocenters. The number of nitrogens with one attached hydrogen (secondary N) is 2. The van der Waals surface area contributed by atoms with Crippen molar-refractivity contribution in [1.29, 1.82) is 0 Å². The number of carbonyl (C=O) groups is 1. The minimum absolute atomic E-state index is 0.0626. The van der Waals surface area contributed by atoms with Crippen LogP contribution >= 0.6 is 0 Å². The van der Waals surface area contributed by atoms with Crippen molar-refractivity contribution < 1.29 is 4.79 Å². The number of para-hydroxylation sites is 1. The van der Waals surface area contributed by atoms with E-state index in [1.165, 1.54) is 5.69 Å². The van der Waals surface area contributed by atoms with Gasteiger partial charge in [0.05, 0.1) is 6.04 Å². The van der Waals surface area contributed by atoms with Crippen molar-refractivity contribution in [1.82, 2.24) is 20.4 Å². The Balaban J connectivity index is 1.36. The molecule has 0 bridgehead atoms. The van der Waals surface area contributed by atoms with Crippen LogP contribution in [0.15, 0.2) is 42.6 Å². The van der Waals surface area contributed by atoms with Gasteiger partial charge >= 0.3 is 0 Å². The van der Waals surface area contributed by atoms with E-state index >= 15 is 0 Å². The first-order valence-electron chi connectivity index (χ1n) is 9.66. The van der Waals surface area contributed by atoms with Crippen LogP contribution in [0.5, 0.6) is 0 Å². The van der Waals surface area contributed by atoms with Gasteiger partial charge in [0.1, 0.15) is 5.69 Å². The number of benzene rings is 1. The molecule has 2 fully saturated rings. The summed E-state index contributed by atoms with van der Waals surface area (Å²) in [5.74, 6) is -0.0626. The number of amides is 1. The maximum atomic E-state index is 12.6. The van der Waals surface area contributed by atoms with Gasteiger partial charge in [-0.15, -0.1) is 0 Å². The maximum Gasteiger partial charge on any atom is 0.272 e. The first-order chi connectivity index (χ1) is 12.8. The molecule has 0 spiro atoms. The quantitative estimate of drug-likeness (QED) is 0.885. The van der Waals surface area contributed by atoms with E-state index in [4.69, 9.17) is 0 Å². The number of anilines is 1. The van der Waals surface area contributed by atoms with E-state index in [0.717, 1.165) is 51.9 Å². The van der Waals surface area contributed by atoms with Gasteiger partial charge in [-0.25, -0.2) is 0 Å². The van der Waals surface area contributed by atoms with Crippen LogP contribution < -0.4 is 15.5 Å². The monoisotopic (exact) mass is 353 g/mol. The number of nitrogens with zero attached hydrogens (tertiary/aromatic N) is 3. The summed E-state index contributed by atoms with van der Waals surface area (Å²) in [6.07, 6.45) is 6.31. The van der Waals surface area contributed by atoms with Crippen LogP contribution in [0, 0.1) is 0 Å². The zero-order chi connectivity index (χ0) is 17.8. The average Bonchev–Trinajstić information content (AvgIpc) is 3.20. The molecule has 26 heavy (non-hydrogen) atoms. The van der Waals surface area contributed by atoms with Crippen molar-refractivity contribution >= 4 is 11.6 Å². The predicted octanol–water partition coefficient (Wildman–Crippen LogP) is 2.21. The number of aromatic nitrogens is 2. The van der Waals surface area contributed by atoms with Crippen molar-refractivity contribution in [2.45, 2.75) is 37.8 Å². The summed E-state index contributed by atoms with van der Waals surface area (Å²) in [7, 11) is 0. The summed E-state index contributed by atoms with van der Waals surface area (Å²) in [5.41, 5.74) is 1.74. The first-order valence-corrected chi connectivity index (χ1v) is 9.66. The Morgan fingerprint density at radius 2 is 2.04 bits per heavy atom. The molecule has 3 heterocycles. The van der Waals surface area contributed by atoms with Crippen molar-refractivity contribution in [3.8, 4) is 0 Å². The molecule has 0 radical (unpaired) electrons. The molecule has 1 amide bonds. The molecule has 2 aromatic rings. The van der Waals surface area contributed by atoms with E-state index in [2.05, 4.69) is 44.9 Å². The Bertz CT molecular complexity index is 723. The lowest BCUT2D eigenvalue weighted by atomic mass is 10.0. The van der Waals surface area contributed by atoms with E-state index in [-0.39, 0.29) is 11.9 Å². The molecule has 0 saturated carbocycles. The Kier molecular flexibility index (Phi) is 5.20. The second-order valence-electron chi connectivity index (χ2n) is 7.28. The fraction of sp³-hybridized carbons (Fsp3) is 0.500. The summed E-state index contributed by atoms with van der Waals surface area (Å²) >= 11 is 0. The third-order valence-corrected chi connectivity index (χ3v) is 5.36. The predicted molar refractivity (Wildman–Crippen MR) is 103 cm³/mol. The van der Waals surface area contributed by atoms with Crippen LogP contribution in [0.3, 0.4) is 0 Å².